The van der Waals surface area contributed by atoms with Crippen LogP contribution < -0.4 is 19.5 Å². The van der Waals surface area contributed by atoms with Crippen molar-refractivity contribution in [3.05, 3.63) is 77.9 Å². The second-order valence-electron chi connectivity index (χ2n) is 6.41. The molecular formula is C22H20N2O3S. The summed E-state index contributed by atoms with van der Waals surface area (Å²) < 4.78 is 14.4. The highest BCUT2D eigenvalue weighted by molar-refractivity contribution is 8.00. The number of nitrogens with one attached hydrogen (secondary N) is 2. The Morgan fingerprint density at radius 3 is 2.46 bits per heavy atom. The standard InChI is InChI=1S/C22H20N2O3S/c1-15-3-2-4-18(13-15)23-22(25)16-5-7-17(8-6-16)24-28-19-9-10-20-21(14-19)27-12-11-26-20/h2-10,13-14,24H,11-12H2,1H3,(H,23,25). The van der Waals surface area contributed by atoms with Crippen molar-refractivity contribution < 1.29 is 14.3 Å². The Balaban J connectivity index is 1.36. The Kier molecular flexibility index (Phi) is 5.39. The Bertz CT molecular complexity index is 989. The van der Waals surface area contributed by atoms with Crippen LogP contribution in [-0.2, 0) is 0 Å². The zero-order valence-corrected chi connectivity index (χ0v) is 16.2. The molecule has 0 spiro atoms. The van der Waals surface area contributed by atoms with E-state index in [4.69, 9.17) is 9.47 Å². The number of carbonyl (C=O) groups is 1. The van der Waals surface area contributed by atoms with Crippen LogP contribution in [0.4, 0.5) is 11.4 Å². The van der Waals surface area contributed by atoms with Crippen LogP contribution in [0, 0.1) is 6.92 Å². The van der Waals surface area contributed by atoms with Crippen LogP contribution in [0.1, 0.15) is 15.9 Å². The lowest BCUT2D eigenvalue weighted by Crippen LogP contribution is -2.15. The number of rotatable bonds is 5. The lowest BCUT2D eigenvalue weighted by Gasteiger charge is -2.18. The molecule has 1 aliphatic heterocycles. The van der Waals surface area contributed by atoms with Gasteiger partial charge < -0.3 is 19.5 Å². The van der Waals surface area contributed by atoms with Gasteiger partial charge in [0.1, 0.15) is 13.2 Å². The molecule has 0 saturated carbocycles. The average molecular weight is 392 g/mol. The first-order valence-electron chi connectivity index (χ1n) is 8.98. The Morgan fingerprint density at radius 1 is 0.893 bits per heavy atom. The van der Waals surface area contributed by atoms with Crippen LogP contribution >= 0.6 is 11.9 Å². The maximum absolute atomic E-state index is 12.4. The maximum atomic E-state index is 12.4. The van der Waals surface area contributed by atoms with Gasteiger partial charge in [0.2, 0.25) is 0 Å². The molecule has 4 rings (SSSR count). The summed E-state index contributed by atoms with van der Waals surface area (Å²) in [5, 5.41) is 2.92. The summed E-state index contributed by atoms with van der Waals surface area (Å²) >= 11 is 1.48. The van der Waals surface area contributed by atoms with E-state index in [0.29, 0.717) is 18.8 Å². The molecule has 28 heavy (non-hydrogen) atoms. The van der Waals surface area contributed by atoms with E-state index in [1.165, 1.54) is 11.9 Å². The first-order valence-corrected chi connectivity index (χ1v) is 9.80. The van der Waals surface area contributed by atoms with Gasteiger partial charge in [-0.05, 0) is 79.0 Å². The van der Waals surface area contributed by atoms with E-state index in [2.05, 4.69) is 10.0 Å². The first kappa shape index (κ1) is 18.3. The summed E-state index contributed by atoms with van der Waals surface area (Å²) in [7, 11) is 0. The predicted octanol–water partition coefficient (Wildman–Crippen LogP) is 5.14. The van der Waals surface area contributed by atoms with Crippen molar-refractivity contribution in [2.75, 3.05) is 23.3 Å². The van der Waals surface area contributed by atoms with Crippen LogP contribution in [0.2, 0.25) is 0 Å². The van der Waals surface area contributed by atoms with Gasteiger partial charge in [-0.25, -0.2) is 0 Å². The molecule has 1 amide bonds. The third kappa shape index (κ3) is 4.40. The second-order valence-corrected chi connectivity index (χ2v) is 7.29. The van der Waals surface area contributed by atoms with E-state index in [1.807, 2.05) is 61.5 Å². The normalized spacial score (nSPS) is 12.3. The summed E-state index contributed by atoms with van der Waals surface area (Å²) in [6.45, 7) is 3.15. The number of anilines is 2. The largest absolute Gasteiger partial charge is 0.486 e. The van der Waals surface area contributed by atoms with Gasteiger partial charge in [-0.2, -0.15) is 0 Å². The molecule has 0 radical (unpaired) electrons. The fourth-order valence-electron chi connectivity index (χ4n) is 2.82. The fourth-order valence-corrected chi connectivity index (χ4v) is 3.49. The molecule has 1 heterocycles. The van der Waals surface area contributed by atoms with Crippen LogP contribution in [0.3, 0.4) is 0 Å². The third-order valence-electron chi connectivity index (χ3n) is 4.22. The third-order valence-corrected chi connectivity index (χ3v) is 5.05. The lowest BCUT2D eigenvalue weighted by molar-refractivity contribution is 0.102. The zero-order valence-electron chi connectivity index (χ0n) is 15.4. The van der Waals surface area contributed by atoms with E-state index in [1.54, 1.807) is 12.1 Å². The maximum Gasteiger partial charge on any atom is 0.255 e. The minimum absolute atomic E-state index is 0.128. The van der Waals surface area contributed by atoms with Gasteiger partial charge in [-0.15, -0.1) is 0 Å². The molecule has 6 heteroatoms. The fraction of sp³-hybridized carbons (Fsp3) is 0.136. The molecule has 3 aromatic carbocycles. The number of hydrogen-bond donors (Lipinski definition) is 2. The highest BCUT2D eigenvalue weighted by atomic mass is 32.2. The topological polar surface area (TPSA) is 59.6 Å². The van der Waals surface area contributed by atoms with Gasteiger partial charge in [-0.3, -0.25) is 4.79 Å². The smallest absolute Gasteiger partial charge is 0.255 e. The van der Waals surface area contributed by atoms with Crippen molar-refractivity contribution in [1.82, 2.24) is 0 Å². The molecule has 0 fully saturated rings. The SMILES string of the molecule is Cc1cccc(NC(=O)c2ccc(NSc3ccc4c(c3)OCCO4)cc2)c1. The number of fused-ring (bicyclic) bond motifs is 1. The molecule has 3 aromatic rings. The van der Waals surface area contributed by atoms with Crippen molar-refractivity contribution in [3.63, 3.8) is 0 Å². The number of ether oxygens (including phenoxy) is 2. The first-order chi connectivity index (χ1) is 13.7. The number of benzene rings is 3. The van der Waals surface area contributed by atoms with Gasteiger partial charge in [0.25, 0.3) is 5.91 Å². The van der Waals surface area contributed by atoms with Crippen molar-refractivity contribution in [2.45, 2.75) is 11.8 Å². The van der Waals surface area contributed by atoms with Crippen molar-refractivity contribution in [1.29, 1.82) is 0 Å². The average Bonchev–Trinajstić information content (AvgIpc) is 2.72. The minimum Gasteiger partial charge on any atom is -0.486 e. The monoisotopic (exact) mass is 392 g/mol. The molecule has 0 aromatic heterocycles. The van der Waals surface area contributed by atoms with Gasteiger partial charge in [-0.1, -0.05) is 12.1 Å². The molecule has 1 aliphatic rings. The molecule has 142 valence electrons. The summed E-state index contributed by atoms with van der Waals surface area (Å²) in [5.74, 6) is 1.41. The zero-order chi connectivity index (χ0) is 19.3. The Hall–Kier alpha value is -3.12. The van der Waals surface area contributed by atoms with Gasteiger partial charge in [0.15, 0.2) is 11.5 Å². The molecule has 0 atom stereocenters. The number of amides is 1. The van der Waals surface area contributed by atoms with Gasteiger partial charge >= 0.3 is 0 Å². The highest BCUT2D eigenvalue weighted by Gasteiger charge is 2.12. The molecule has 0 aliphatic carbocycles. The van der Waals surface area contributed by atoms with E-state index in [-0.39, 0.29) is 5.91 Å². The van der Waals surface area contributed by atoms with Crippen LogP contribution in [0.15, 0.2) is 71.6 Å². The van der Waals surface area contributed by atoms with E-state index < -0.39 is 0 Å². The predicted molar refractivity (Wildman–Crippen MR) is 112 cm³/mol. The molecule has 5 nitrogen and oxygen atoms in total. The molecule has 2 N–H and O–H groups in total. The summed E-state index contributed by atoms with van der Waals surface area (Å²) in [5.41, 5.74) is 3.42. The van der Waals surface area contributed by atoms with Crippen LogP contribution in [0.25, 0.3) is 0 Å². The number of hydrogen-bond acceptors (Lipinski definition) is 5. The Morgan fingerprint density at radius 2 is 1.68 bits per heavy atom. The lowest BCUT2D eigenvalue weighted by atomic mass is 10.2. The summed E-state index contributed by atoms with van der Waals surface area (Å²) in [6.07, 6.45) is 0. The van der Waals surface area contributed by atoms with Crippen molar-refractivity contribution in [3.8, 4) is 11.5 Å². The number of aryl methyl sites for hydroxylation is 1. The quantitative estimate of drug-likeness (QED) is 0.589. The van der Waals surface area contributed by atoms with E-state index in [9.17, 15) is 4.79 Å². The van der Waals surface area contributed by atoms with Gasteiger partial charge in [0.05, 0.1) is 0 Å². The molecule has 0 bridgehead atoms. The minimum atomic E-state index is -0.128. The van der Waals surface area contributed by atoms with Crippen LogP contribution in [0.5, 0.6) is 11.5 Å². The molecular weight excluding hydrogens is 372 g/mol. The second kappa shape index (κ2) is 8.27. The number of carbonyl (C=O) groups excluding carboxylic acids is 1. The van der Waals surface area contributed by atoms with Gasteiger partial charge in [0, 0.05) is 21.8 Å². The van der Waals surface area contributed by atoms with E-state index >= 15 is 0 Å². The van der Waals surface area contributed by atoms with Crippen molar-refractivity contribution >= 4 is 29.2 Å². The summed E-state index contributed by atoms with van der Waals surface area (Å²) in [4.78, 5) is 13.4. The molecule has 0 unspecified atom stereocenters. The molecule has 0 saturated heterocycles. The Labute approximate surface area is 168 Å². The van der Waals surface area contributed by atoms with Crippen molar-refractivity contribution in [2.24, 2.45) is 0 Å². The van der Waals surface area contributed by atoms with Crippen LogP contribution in [-0.4, -0.2) is 19.1 Å². The summed E-state index contributed by atoms with van der Waals surface area (Å²) in [6, 6.07) is 21.0. The van der Waals surface area contributed by atoms with E-state index in [0.717, 1.165) is 33.3 Å². The highest BCUT2D eigenvalue weighted by Crippen LogP contribution is 2.34.